The van der Waals surface area contributed by atoms with Crippen LogP contribution in [0, 0.1) is 6.92 Å². The van der Waals surface area contributed by atoms with Gasteiger partial charge in [-0.3, -0.25) is 14.5 Å². The number of carbonyl (C=O) groups excluding carboxylic acids is 2. The van der Waals surface area contributed by atoms with Crippen molar-refractivity contribution < 1.29 is 28.5 Å². The molecule has 5 rings (SSSR count). The Morgan fingerprint density at radius 3 is 2.74 bits per heavy atom. The van der Waals surface area contributed by atoms with E-state index in [4.69, 9.17) is 18.9 Å². The minimum atomic E-state index is -0.594. The molecule has 0 radical (unpaired) electrons. The van der Waals surface area contributed by atoms with Gasteiger partial charge in [0.15, 0.2) is 17.6 Å². The number of ether oxygens (including phenoxy) is 4. The van der Waals surface area contributed by atoms with Crippen LogP contribution >= 0.6 is 0 Å². The van der Waals surface area contributed by atoms with E-state index in [1.807, 2.05) is 50.2 Å². The molecular formula is C26H30N2O6. The van der Waals surface area contributed by atoms with Crippen molar-refractivity contribution in [1.29, 1.82) is 0 Å². The van der Waals surface area contributed by atoms with Gasteiger partial charge in [0, 0.05) is 19.7 Å². The van der Waals surface area contributed by atoms with Crippen molar-refractivity contribution >= 4 is 17.5 Å². The molecule has 0 bridgehead atoms. The minimum absolute atomic E-state index is 0.00345. The Morgan fingerprint density at radius 2 is 1.94 bits per heavy atom. The van der Waals surface area contributed by atoms with E-state index in [0.717, 1.165) is 24.0 Å². The van der Waals surface area contributed by atoms with E-state index < -0.39 is 6.10 Å². The standard InChI is InChI=1S/C26H30N2O6/c1-3-21-26(30)28(20-11-17(2)6-8-22(20)34-21)15-25(29)27(14-19-5-4-10-31-19)13-18-7-9-23-24(12-18)33-16-32-23/h6-9,11-12,19,21H,3-5,10,13-16H2,1-2H3/t19-,21-/m1/s1. The number of amides is 2. The Bertz CT molecular complexity index is 1080. The van der Waals surface area contributed by atoms with Crippen LogP contribution in [-0.4, -0.2) is 55.4 Å². The number of benzene rings is 2. The first-order valence-electron chi connectivity index (χ1n) is 11.9. The molecule has 8 heteroatoms. The third-order valence-corrected chi connectivity index (χ3v) is 6.49. The molecule has 1 saturated heterocycles. The van der Waals surface area contributed by atoms with Crippen molar-refractivity contribution in [2.45, 2.75) is 51.9 Å². The number of aryl methyl sites for hydroxylation is 1. The molecule has 0 spiro atoms. The molecule has 34 heavy (non-hydrogen) atoms. The van der Waals surface area contributed by atoms with Gasteiger partial charge in [-0.2, -0.15) is 0 Å². The number of hydrogen-bond acceptors (Lipinski definition) is 6. The second-order valence-electron chi connectivity index (χ2n) is 9.01. The lowest BCUT2D eigenvalue weighted by molar-refractivity contribution is -0.135. The lowest BCUT2D eigenvalue weighted by Gasteiger charge is -2.35. The largest absolute Gasteiger partial charge is 0.478 e. The fourth-order valence-electron chi connectivity index (χ4n) is 4.64. The van der Waals surface area contributed by atoms with Crippen LogP contribution in [0.1, 0.15) is 37.3 Å². The van der Waals surface area contributed by atoms with Gasteiger partial charge >= 0.3 is 0 Å². The van der Waals surface area contributed by atoms with Crippen molar-refractivity contribution in [3.05, 3.63) is 47.5 Å². The predicted octanol–water partition coefficient (Wildman–Crippen LogP) is 3.44. The van der Waals surface area contributed by atoms with Crippen LogP contribution in [0.4, 0.5) is 5.69 Å². The molecule has 0 N–H and O–H groups in total. The third kappa shape index (κ3) is 4.55. The van der Waals surface area contributed by atoms with Gasteiger partial charge in [-0.05, 0) is 61.6 Å². The van der Waals surface area contributed by atoms with E-state index in [9.17, 15) is 9.59 Å². The summed E-state index contributed by atoms with van der Waals surface area (Å²) in [5.41, 5.74) is 2.58. The number of fused-ring (bicyclic) bond motifs is 2. The summed E-state index contributed by atoms with van der Waals surface area (Å²) in [6.07, 6.45) is 1.85. The highest BCUT2D eigenvalue weighted by Gasteiger charge is 2.36. The molecule has 0 unspecified atom stereocenters. The molecule has 1 fully saturated rings. The Balaban J connectivity index is 1.39. The normalized spacial score (nSPS) is 20.8. The summed E-state index contributed by atoms with van der Waals surface area (Å²) in [5.74, 6) is 1.70. The molecule has 3 aliphatic heterocycles. The number of hydrogen-bond donors (Lipinski definition) is 0. The number of nitrogens with zero attached hydrogens (tertiary/aromatic N) is 2. The van der Waals surface area contributed by atoms with E-state index in [0.29, 0.717) is 49.1 Å². The number of rotatable bonds is 7. The summed E-state index contributed by atoms with van der Waals surface area (Å²) in [5, 5.41) is 0. The molecule has 180 valence electrons. The third-order valence-electron chi connectivity index (χ3n) is 6.49. The fourth-order valence-corrected chi connectivity index (χ4v) is 4.64. The predicted molar refractivity (Wildman–Crippen MR) is 125 cm³/mol. The van der Waals surface area contributed by atoms with E-state index >= 15 is 0 Å². The maximum atomic E-state index is 13.7. The van der Waals surface area contributed by atoms with Gasteiger partial charge in [0.05, 0.1) is 11.8 Å². The highest BCUT2D eigenvalue weighted by atomic mass is 16.7. The molecule has 0 aliphatic carbocycles. The monoisotopic (exact) mass is 466 g/mol. The van der Waals surface area contributed by atoms with Crippen molar-refractivity contribution in [3.8, 4) is 17.2 Å². The van der Waals surface area contributed by atoms with Crippen molar-refractivity contribution in [3.63, 3.8) is 0 Å². The zero-order chi connectivity index (χ0) is 23.7. The van der Waals surface area contributed by atoms with E-state index in [-0.39, 0.29) is 31.3 Å². The van der Waals surface area contributed by atoms with E-state index in [1.54, 1.807) is 9.80 Å². The van der Waals surface area contributed by atoms with Gasteiger partial charge in [-0.15, -0.1) is 0 Å². The van der Waals surface area contributed by atoms with Gasteiger partial charge in [-0.25, -0.2) is 0 Å². The molecule has 2 amide bonds. The van der Waals surface area contributed by atoms with Crippen LogP contribution < -0.4 is 19.1 Å². The van der Waals surface area contributed by atoms with Crippen LogP contribution in [0.15, 0.2) is 36.4 Å². The minimum Gasteiger partial charge on any atom is -0.478 e. The smallest absolute Gasteiger partial charge is 0.268 e. The van der Waals surface area contributed by atoms with Gasteiger partial charge in [0.2, 0.25) is 12.7 Å². The average Bonchev–Trinajstić information content (AvgIpc) is 3.52. The maximum absolute atomic E-state index is 13.7. The van der Waals surface area contributed by atoms with Crippen molar-refractivity contribution in [2.24, 2.45) is 0 Å². The summed E-state index contributed by atoms with van der Waals surface area (Å²) in [7, 11) is 0. The molecule has 3 aliphatic rings. The van der Waals surface area contributed by atoms with Crippen LogP contribution in [0.25, 0.3) is 0 Å². The summed E-state index contributed by atoms with van der Waals surface area (Å²) < 4.78 is 22.6. The van der Waals surface area contributed by atoms with Crippen LogP contribution in [-0.2, 0) is 20.9 Å². The number of carbonyl (C=O) groups is 2. The Morgan fingerprint density at radius 1 is 1.12 bits per heavy atom. The summed E-state index contributed by atoms with van der Waals surface area (Å²) >= 11 is 0. The van der Waals surface area contributed by atoms with Gasteiger partial charge < -0.3 is 23.8 Å². The first kappa shape index (κ1) is 22.5. The van der Waals surface area contributed by atoms with Crippen LogP contribution in [0.5, 0.6) is 17.2 Å². The summed E-state index contributed by atoms with van der Waals surface area (Å²) in [6, 6.07) is 11.4. The maximum Gasteiger partial charge on any atom is 0.268 e. The van der Waals surface area contributed by atoms with Gasteiger partial charge in [-0.1, -0.05) is 19.1 Å². The second-order valence-corrected chi connectivity index (χ2v) is 9.01. The Kier molecular flexibility index (Phi) is 6.32. The first-order valence-corrected chi connectivity index (χ1v) is 11.9. The molecular weight excluding hydrogens is 436 g/mol. The quantitative estimate of drug-likeness (QED) is 0.622. The molecule has 0 saturated carbocycles. The topological polar surface area (TPSA) is 77.5 Å². The van der Waals surface area contributed by atoms with Gasteiger partial charge in [0.25, 0.3) is 5.91 Å². The van der Waals surface area contributed by atoms with Crippen molar-refractivity contribution in [1.82, 2.24) is 4.90 Å². The van der Waals surface area contributed by atoms with Crippen LogP contribution in [0.2, 0.25) is 0 Å². The molecule has 2 aromatic carbocycles. The molecule has 8 nitrogen and oxygen atoms in total. The summed E-state index contributed by atoms with van der Waals surface area (Å²) in [4.78, 5) is 30.2. The Hall–Kier alpha value is -3.26. The summed E-state index contributed by atoms with van der Waals surface area (Å²) in [6.45, 7) is 5.60. The SMILES string of the molecule is CC[C@H]1Oc2ccc(C)cc2N(CC(=O)N(Cc2ccc3c(c2)OCO3)C[C@H]2CCCO2)C1=O. The van der Waals surface area contributed by atoms with Crippen molar-refractivity contribution in [2.75, 3.05) is 31.4 Å². The lowest BCUT2D eigenvalue weighted by atomic mass is 10.1. The zero-order valence-electron chi connectivity index (χ0n) is 19.6. The average molecular weight is 467 g/mol. The molecule has 0 aromatic heterocycles. The van der Waals surface area contributed by atoms with E-state index in [2.05, 4.69) is 0 Å². The van der Waals surface area contributed by atoms with Gasteiger partial charge in [0.1, 0.15) is 12.3 Å². The molecule has 2 atom stereocenters. The van der Waals surface area contributed by atoms with E-state index in [1.165, 1.54) is 0 Å². The van der Waals surface area contributed by atoms with Crippen LogP contribution in [0.3, 0.4) is 0 Å². The highest BCUT2D eigenvalue weighted by Crippen LogP contribution is 2.36. The molecule has 2 aromatic rings. The lowest BCUT2D eigenvalue weighted by Crippen LogP contribution is -2.51. The zero-order valence-corrected chi connectivity index (χ0v) is 19.6. The highest BCUT2D eigenvalue weighted by molar-refractivity contribution is 6.03. The fraction of sp³-hybridized carbons (Fsp3) is 0.462. The first-order chi connectivity index (χ1) is 16.5. The Labute approximate surface area is 199 Å². The number of anilines is 1. The molecule has 3 heterocycles. The second kappa shape index (κ2) is 9.54.